The van der Waals surface area contributed by atoms with Gasteiger partial charge in [-0.1, -0.05) is 6.92 Å². The minimum absolute atomic E-state index is 0.107. The van der Waals surface area contributed by atoms with Crippen LogP contribution in [0.25, 0.3) is 16.0 Å². The number of carbonyl (C=O) groups is 1. The Morgan fingerprint density at radius 1 is 1.50 bits per heavy atom. The number of nitrogens with two attached hydrogens (primary N) is 1. The number of anilines is 1. The largest absolute Gasteiger partial charge is 0.476 e. The zero-order valence-electron chi connectivity index (χ0n) is 10.6. The fourth-order valence-corrected chi connectivity index (χ4v) is 2.84. The molecule has 0 fully saturated rings. The molecule has 3 heterocycles. The van der Waals surface area contributed by atoms with E-state index in [2.05, 4.69) is 22.0 Å². The molecule has 0 radical (unpaired) electrons. The van der Waals surface area contributed by atoms with E-state index in [-0.39, 0.29) is 11.4 Å². The number of aryl methyl sites for hydroxylation is 1. The first-order valence-corrected chi connectivity index (χ1v) is 6.74. The van der Waals surface area contributed by atoms with Gasteiger partial charge in [0.1, 0.15) is 11.2 Å². The Balaban J connectivity index is 2.21. The van der Waals surface area contributed by atoms with Gasteiger partial charge in [-0.2, -0.15) is 5.10 Å². The third-order valence-corrected chi connectivity index (χ3v) is 4.06. The Morgan fingerprint density at radius 2 is 2.30 bits per heavy atom. The quantitative estimate of drug-likeness (QED) is 0.760. The first-order valence-electron chi connectivity index (χ1n) is 5.92. The number of nitrogens with zero attached hydrogens (tertiary/aromatic N) is 4. The highest BCUT2D eigenvalue weighted by Crippen LogP contribution is 2.28. The Morgan fingerprint density at radius 3 is 2.95 bits per heavy atom. The minimum atomic E-state index is -1.16. The molecule has 8 heteroatoms. The summed E-state index contributed by atoms with van der Waals surface area (Å²) >= 11 is 1.58. The van der Waals surface area contributed by atoms with Crippen molar-refractivity contribution in [3.63, 3.8) is 0 Å². The molecule has 0 aliphatic heterocycles. The van der Waals surface area contributed by atoms with Crippen LogP contribution in [0.5, 0.6) is 0 Å². The molecule has 3 aromatic heterocycles. The SMILES string of the molecule is CCc1cc2c(-n3cc(N)c(C(=O)O)n3)ncnc2s1. The van der Waals surface area contributed by atoms with Gasteiger partial charge in [0.05, 0.1) is 17.3 Å². The van der Waals surface area contributed by atoms with E-state index in [9.17, 15) is 4.79 Å². The molecule has 3 aromatic rings. The van der Waals surface area contributed by atoms with Crippen LogP contribution in [0.4, 0.5) is 5.69 Å². The van der Waals surface area contributed by atoms with E-state index in [4.69, 9.17) is 10.8 Å². The van der Waals surface area contributed by atoms with Crippen LogP contribution < -0.4 is 5.73 Å². The van der Waals surface area contributed by atoms with E-state index in [0.29, 0.717) is 5.82 Å². The van der Waals surface area contributed by atoms with E-state index in [1.54, 1.807) is 11.3 Å². The summed E-state index contributed by atoms with van der Waals surface area (Å²) in [7, 11) is 0. The third kappa shape index (κ3) is 1.90. The summed E-state index contributed by atoms with van der Waals surface area (Å²) in [6.45, 7) is 2.06. The molecular formula is C12H11N5O2S. The van der Waals surface area contributed by atoms with Crippen LogP contribution in [-0.4, -0.2) is 30.8 Å². The summed E-state index contributed by atoms with van der Waals surface area (Å²) in [4.78, 5) is 21.4. The maximum absolute atomic E-state index is 11.0. The summed E-state index contributed by atoms with van der Waals surface area (Å²) < 4.78 is 1.38. The third-order valence-electron chi connectivity index (χ3n) is 2.87. The molecule has 0 saturated heterocycles. The lowest BCUT2D eigenvalue weighted by molar-refractivity contribution is 0.0691. The molecule has 20 heavy (non-hydrogen) atoms. The summed E-state index contributed by atoms with van der Waals surface area (Å²) in [5.41, 5.74) is 5.58. The Hall–Kier alpha value is -2.48. The van der Waals surface area contributed by atoms with Crippen molar-refractivity contribution in [2.75, 3.05) is 5.73 Å². The van der Waals surface area contributed by atoms with Crippen molar-refractivity contribution >= 4 is 33.2 Å². The number of aromatic nitrogens is 4. The molecular weight excluding hydrogens is 278 g/mol. The number of carboxylic acid groups (broad SMARTS) is 1. The number of carboxylic acids is 1. The van der Waals surface area contributed by atoms with Crippen molar-refractivity contribution in [1.82, 2.24) is 19.7 Å². The molecule has 7 nitrogen and oxygen atoms in total. The molecule has 0 atom stereocenters. The lowest BCUT2D eigenvalue weighted by Crippen LogP contribution is -2.03. The van der Waals surface area contributed by atoms with Gasteiger partial charge in [0, 0.05) is 4.88 Å². The maximum Gasteiger partial charge on any atom is 0.358 e. The molecule has 0 aromatic carbocycles. The minimum Gasteiger partial charge on any atom is -0.476 e. The maximum atomic E-state index is 11.0. The van der Waals surface area contributed by atoms with E-state index in [0.717, 1.165) is 16.6 Å². The van der Waals surface area contributed by atoms with E-state index >= 15 is 0 Å². The average molecular weight is 289 g/mol. The zero-order valence-corrected chi connectivity index (χ0v) is 11.4. The van der Waals surface area contributed by atoms with Crippen LogP contribution in [-0.2, 0) is 6.42 Å². The van der Waals surface area contributed by atoms with Crippen molar-refractivity contribution < 1.29 is 9.90 Å². The predicted molar refractivity (Wildman–Crippen MR) is 75.3 cm³/mol. The van der Waals surface area contributed by atoms with Crippen LogP contribution in [0.2, 0.25) is 0 Å². The van der Waals surface area contributed by atoms with Gasteiger partial charge in [0.15, 0.2) is 11.5 Å². The molecule has 0 aliphatic carbocycles. The summed E-state index contributed by atoms with van der Waals surface area (Å²) in [6.07, 6.45) is 3.79. The number of hydrogen-bond donors (Lipinski definition) is 2. The molecule has 0 saturated carbocycles. The second-order valence-corrected chi connectivity index (χ2v) is 5.28. The summed E-state index contributed by atoms with van der Waals surface area (Å²) in [6, 6.07) is 1.99. The fraction of sp³-hybridized carbons (Fsp3) is 0.167. The lowest BCUT2D eigenvalue weighted by Gasteiger charge is -2.00. The molecule has 0 amide bonds. The molecule has 0 spiro atoms. The van der Waals surface area contributed by atoms with Gasteiger partial charge >= 0.3 is 5.97 Å². The Kier molecular flexibility index (Phi) is 2.87. The van der Waals surface area contributed by atoms with Crippen LogP contribution in [0.15, 0.2) is 18.6 Å². The van der Waals surface area contributed by atoms with Crippen molar-refractivity contribution in [3.8, 4) is 5.82 Å². The average Bonchev–Trinajstić information content (AvgIpc) is 3.00. The highest BCUT2D eigenvalue weighted by atomic mass is 32.1. The van der Waals surface area contributed by atoms with Crippen molar-refractivity contribution in [3.05, 3.63) is 29.2 Å². The monoisotopic (exact) mass is 289 g/mol. The topological polar surface area (TPSA) is 107 Å². The van der Waals surface area contributed by atoms with Crippen LogP contribution >= 0.6 is 11.3 Å². The second kappa shape index (κ2) is 4.57. The molecule has 3 rings (SSSR count). The highest BCUT2D eigenvalue weighted by molar-refractivity contribution is 7.18. The number of hydrogen-bond acceptors (Lipinski definition) is 6. The highest BCUT2D eigenvalue weighted by Gasteiger charge is 2.17. The number of aromatic carboxylic acids is 1. The summed E-state index contributed by atoms with van der Waals surface area (Å²) in [5.74, 6) is -0.628. The Bertz CT molecular complexity index is 807. The van der Waals surface area contributed by atoms with Crippen molar-refractivity contribution in [1.29, 1.82) is 0 Å². The predicted octanol–water partition coefficient (Wildman–Crippen LogP) is 1.72. The zero-order chi connectivity index (χ0) is 14.3. The van der Waals surface area contributed by atoms with E-state index in [1.807, 2.05) is 6.07 Å². The second-order valence-electron chi connectivity index (χ2n) is 4.17. The molecule has 3 N–H and O–H groups in total. The van der Waals surface area contributed by atoms with Crippen LogP contribution in [0.3, 0.4) is 0 Å². The van der Waals surface area contributed by atoms with E-state index < -0.39 is 5.97 Å². The smallest absolute Gasteiger partial charge is 0.358 e. The summed E-state index contributed by atoms with van der Waals surface area (Å²) in [5, 5.41) is 13.8. The lowest BCUT2D eigenvalue weighted by atomic mass is 10.3. The number of rotatable bonds is 3. The Labute approximate surface area is 117 Å². The standard InChI is InChI=1S/C12H11N5O2S/c1-2-6-3-7-10(14-5-15-11(7)20-6)17-4-8(13)9(16-17)12(18)19/h3-5H,2,13H2,1H3,(H,18,19). The van der Waals surface area contributed by atoms with Gasteiger partial charge in [-0.05, 0) is 12.5 Å². The van der Waals surface area contributed by atoms with Gasteiger partial charge in [-0.3, -0.25) is 0 Å². The normalized spacial score (nSPS) is 11.1. The van der Waals surface area contributed by atoms with Crippen LogP contribution in [0, 0.1) is 0 Å². The molecule has 0 aliphatic rings. The fourth-order valence-electron chi connectivity index (χ4n) is 1.91. The van der Waals surface area contributed by atoms with Crippen molar-refractivity contribution in [2.24, 2.45) is 0 Å². The van der Waals surface area contributed by atoms with Gasteiger partial charge < -0.3 is 10.8 Å². The van der Waals surface area contributed by atoms with Crippen molar-refractivity contribution in [2.45, 2.75) is 13.3 Å². The number of fused-ring (bicyclic) bond motifs is 1. The van der Waals surface area contributed by atoms with Gasteiger partial charge in [-0.15, -0.1) is 11.3 Å². The molecule has 102 valence electrons. The molecule has 0 bridgehead atoms. The van der Waals surface area contributed by atoms with Gasteiger partial charge in [0.25, 0.3) is 0 Å². The van der Waals surface area contributed by atoms with Crippen LogP contribution in [0.1, 0.15) is 22.3 Å². The first kappa shape index (κ1) is 12.5. The molecule has 0 unspecified atom stereocenters. The first-order chi connectivity index (χ1) is 9.60. The number of nitrogen functional groups attached to an aromatic ring is 1. The van der Waals surface area contributed by atoms with Gasteiger partial charge in [0.2, 0.25) is 0 Å². The van der Waals surface area contributed by atoms with Gasteiger partial charge in [-0.25, -0.2) is 19.4 Å². The number of thiophene rings is 1. The van der Waals surface area contributed by atoms with E-state index in [1.165, 1.54) is 22.1 Å².